The van der Waals surface area contributed by atoms with Gasteiger partial charge in [-0.3, -0.25) is 0 Å². The molecule has 0 saturated heterocycles. The molecule has 1 aromatic rings. The lowest BCUT2D eigenvalue weighted by Gasteiger charge is -2.24. The van der Waals surface area contributed by atoms with Crippen molar-refractivity contribution in [2.45, 2.75) is 13.3 Å². The van der Waals surface area contributed by atoms with Gasteiger partial charge in [-0.15, -0.1) is 10.2 Å². The number of carbonyl (C=O) groups is 1. The van der Waals surface area contributed by atoms with Crippen molar-refractivity contribution < 1.29 is 9.90 Å². The second kappa shape index (κ2) is 6.90. The molecule has 0 aliphatic rings. The number of anilines is 1. The summed E-state index contributed by atoms with van der Waals surface area (Å²) < 4.78 is 0. The van der Waals surface area contributed by atoms with Crippen LogP contribution < -0.4 is 4.90 Å². The molecule has 1 heterocycles. The van der Waals surface area contributed by atoms with Crippen molar-refractivity contribution in [1.82, 2.24) is 15.1 Å². The predicted octanol–water partition coefficient (Wildman–Crippen LogP) is 0.953. The molecule has 0 radical (unpaired) electrons. The zero-order valence-electron chi connectivity index (χ0n) is 11.1. The Kier molecular flexibility index (Phi) is 5.51. The van der Waals surface area contributed by atoms with Gasteiger partial charge in [0.2, 0.25) is 0 Å². The zero-order chi connectivity index (χ0) is 13.5. The third-order valence-electron chi connectivity index (χ3n) is 2.50. The maximum Gasteiger partial charge on any atom is 0.356 e. The van der Waals surface area contributed by atoms with Crippen LogP contribution in [0.1, 0.15) is 23.8 Å². The van der Waals surface area contributed by atoms with Gasteiger partial charge in [-0.25, -0.2) is 4.79 Å². The number of hydrogen-bond acceptors (Lipinski definition) is 5. The number of likely N-dealkylation sites (N-methyl/N-ethyl adjacent to an activating group) is 1. The summed E-state index contributed by atoms with van der Waals surface area (Å²) >= 11 is 0. The van der Waals surface area contributed by atoms with E-state index in [0.717, 1.165) is 31.9 Å². The Labute approximate surface area is 107 Å². The molecule has 0 unspecified atom stereocenters. The highest BCUT2D eigenvalue weighted by Crippen LogP contribution is 2.10. The molecule has 0 spiro atoms. The third-order valence-corrected chi connectivity index (χ3v) is 2.50. The molecule has 18 heavy (non-hydrogen) atoms. The monoisotopic (exact) mass is 252 g/mol. The SMILES string of the molecule is CCCN(CCN(C)C)c1ccc(C(=O)O)nn1. The summed E-state index contributed by atoms with van der Waals surface area (Å²) in [6.07, 6.45) is 1.01. The van der Waals surface area contributed by atoms with E-state index in [1.807, 2.05) is 14.1 Å². The summed E-state index contributed by atoms with van der Waals surface area (Å²) in [5.41, 5.74) is -0.0252. The van der Waals surface area contributed by atoms with Gasteiger partial charge in [0.05, 0.1) is 0 Å². The van der Waals surface area contributed by atoms with Crippen LogP contribution in [0.2, 0.25) is 0 Å². The minimum atomic E-state index is -1.05. The number of carboxylic acid groups (broad SMARTS) is 1. The Balaban J connectivity index is 2.75. The lowest BCUT2D eigenvalue weighted by Crippen LogP contribution is -2.33. The van der Waals surface area contributed by atoms with E-state index in [-0.39, 0.29) is 5.69 Å². The Bertz CT molecular complexity index is 378. The zero-order valence-corrected chi connectivity index (χ0v) is 11.1. The van der Waals surface area contributed by atoms with Gasteiger partial charge >= 0.3 is 5.97 Å². The van der Waals surface area contributed by atoms with Gasteiger partial charge in [-0.1, -0.05) is 6.92 Å². The number of carboxylic acids is 1. The van der Waals surface area contributed by atoms with Gasteiger partial charge in [-0.2, -0.15) is 0 Å². The van der Waals surface area contributed by atoms with Gasteiger partial charge in [0.25, 0.3) is 0 Å². The van der Waals surface area contributed by atoms with Crippen molar-refractivity contribution in [3.8, 4) is 0 Å². The molecule has 100 valence electrons. The van der Waals surface area contributed by atoms with Crippen LogP contribution in [0.4, 0.5) is 5.82 Å². The number of nitrogens with zero attached hydrogens (tertiary/aromatic N) is 4. The van der Waals surface area contributed by atoms with E-state index >= 15 is 0 Å². The molecule has 0 atom stereocenters. The van der Waals surface area contributed by atoms with Crippen LogP contribution in [0.5, 0.6) is 0 Å². The molecular weight excluding hydrogens is 232 g/mol. The van der Waals surface area contributed by atoms with Crippen molar-refractivity contribution in [3.05, 3.63) is 17.8 Å². The van der Waals surface area contributed by atoms with Gasteiger partial charge in [0.15, 0.2) is 11.5 Å². The topological polar surface area (TPSA) is 69.6 Å². The predicted molar refractivity (Wildman–Crippen MR) is 70.0 cm³/mol. The van der Waals surface area contributed by atoms with E-state index in [2.05, 4.69) is 26.9 Å². The first-order valence-electron chi connectivity index (χ1n) is 6.01. The minimum absolute atomic E-state index is 0.0252. The van der Waals surface area contributed by atoms with Crippen LogP contribution in [0.15, 0.2) is 12.1 Å². The molecule has 6 nitrogen and oxygen atoms in total. The van der Waals surface area contributed by atoms with Crippen molar-refractivity contribution in [2.24, 2.45) is 0 Å². The smallest absolute Gasteiger partial charge is 0.356 e. The third kappa shape index (κ3) is 4.29. The summed E-state index contributed by atoms with van der Waals surface area (Å²) in [5.74, 6) is -0.326. The lowest BCUT2D eigenvalue weighted by molar-refractivity contribution is 0.0689. The first kappa shape index (κ1) is 14.4. The first-order chi connectivity index (χ1) is 8.54. The summed E-state index contributed by atoms with van der Waals surface area (Å²) in [6, 6.07) is 3.20. The maximum atomic E-state index is 10.7. The molecule has 0 saturated carbocycles. The maximum absolute atomic E-state index is 10.7. The molecule has 0 bridgehead atoms. The van der Waals surface area contributed by atoms with Crippen LogP contribution in [-0.2, 0) is 0 Å². The fraction of sp³-hybridized carbons (Fsp3) is 0.583. The Morgan fingerprint density at radius 3 is 2.39 bits per heavy atom. The Morgan fingerprint density at radius 1 is 1.22 bits per heavy atom. The molecule has 1 rings (SSSR count). The molecule has 6 heteroatoms. The summed E-state index contributed by atoms with van der Waals surface area (Å²) in [7, 11) is 4.03. The van der Waals surface area contributed by atoms with Gasteiger partial charge in [0.1, 0.15) is 0 Å². The second-order valence-corrected chi connectivity index (χ2v) is 4.37. The number of hydrogen-bond donors (Lipinski definition) is 1. The highest BCUT2D eigenvalue weighted by Gasteiger charge is 2.10. The highest BCUT2D eigenvalue weighted by molar-refractivity contribution is 5.85. The minimum Gasteiger partial charge on any atom is -0.476 e. The van der Waals surface area contributed by atoms with E-state index in [1.165, 1.54) is 6.07 Å². The number of aromatic carboxylic acids is 1. The van der Waals surface area contributed by atoms with Crippen molar-refractivity contribution >= 4 is 11.8 Å². The molecule has 1 N–H and O–H groups in total. The standard InChI is InChI=1S/C12H20N4O2/c1-4-7-16(9-8-15(2)3)11-6-5-10(12(17)18)13-14-11/h5-6H,4,7-9H2,1-3H3,(H,17,18). The molecule has 0 aromatic carbocycles. The Hall–Kier alpha value is -1.69. The fourth-order valence-corrected chi connectivity index (χ4v) is 1.54. The van der Waals surface area contributed by atoms with E-state index in [0.29, 0.717) is 0 Å². The van der Waals surface area contributed by atoms with Crippen LogP contribution in [-0.4, -0.2) is 59.9 Å². The molecule has 0 fully saturated rings. The van der Waals surface area contributed by atoms with E-state index < -0.39 is 5.97 Å². The van der Waals surface area contributed by atoms with E-state index in [1.54, 1.807) is 6.07 Å². The first-order valence-corrected chi connectivity index (χ1v) is 6.01. The van der Waals surface area contributed by atoms with Crippen LogP contribution >= 0.6 is 0 Å². The normalized spacial score (nSPS) is 10.7. The van der Waals surface area contributed by atoms with Crippen LogP contribution in [0, 0.1) is 0 Å². The second-order valence-electron chi connectivity index (χ2n) is 4.37. The van der Waals surface area contributed by atoms with Crippen LogP contribution in [0.25, 0.3) is 0 Å². The van der Waals surface area contributed by atoms with Gasteiger partial charge in [0, 0.05) is 19.6 Å². The summed E-state index contributed by atoms with van der Waals surface area (Å²) in [5, 5.41) is 16.4. The van der Waals surface area contributed by atoms with Crippen molar-refractivity contribution in [2.75, 3.05) is 38.6 Å². The molecule has 0 amide bonds. The molecule has 0 aliphatic carbocycles. The average molecular weight is 252 g/mol. The Morgan fingerprint density at radius 2 is 1.94 bits per heavy atom. The number of aromatic nitrogens is 2. The largest absolute Gasteiger partial charge is 0.476 e. The van der Waals surface area contributed by atoms with E-state index in [4.69, 9.17) is 5.11 Å². The van der Waals surface area contributed by atoms with E-state index in [9.17, 15) is 4.79 Å². The molecular formula is C12H20N4O2. The fourth-order valence-electron chi connectivity index (χ4n) is 1.54. The van der Waals surface area contributed by atoms with Gasteiger partial charge < -0.3 is 14.9 Å². The lowest BCUT2D eigenvalue weighted by atomic mass is 10.3. The quantitative estimate of drug-likeness (QED) is 0.779. The summed E-state index contributed by atoms with van der Waals surface area (Å²) in [6.45, 7) is 4.75. The average Bonchev–Trinajstić information content (AvgIpc) is 2.34. The summed E-state index contributed by atoms with van der Waals surface area (Å²) in [4.78, 5) is 14.9. The van der Waals surface area contributed by atoms with Crippen LogP contribution in [0.3, 0.4) is 0 Å². The van der Waals surface area contributed by atoms with Crippen molar-refractivity contribution in [3.63, 3.8) is 0 Å². The molecule has 1 aromatic heterocycles. The van der Waals surface area contributed by atoms with Gasteiger partial charge in [-0.05, 0) is 32.6 Å². The molecule has 0 aliphatic heterocycles. The number of rotatable bonds is 7. The highest BCUT2D eigenvalue weighted by atomic mass is 16.4. The van der Waals surface area contributed by atoms with Crippen molar-refractivity contribution in [1.29, 1.82) is 0 Å².